The number of halogens is 3. The maximum atomic E-state index is 13.5. The Morgan fingerprint density at radius 3 is 2.21 bits per heavy atom. The first kappa shape index (κ1) is 27.1. The first-order chi connectivity index (χ1) is 18.2. The number of aromatic amines is 1. The summed E-state index contributed by atoms with van der Waals surface area (Å²) >= 11 is 0. The number of hydrogen-bond donors (Lipinski definition) is 5. The first-order valence-corrected chi connectivity index (χ1v) is 11.3. The summed E-state index contributed by atoms with van der Waals surface area (Å²) in [5.74, 6) is -2.98. The fourth-order valence-electron chi connectivity index (χ4n) is 4.41. The van der Waals surface area contributed by atoms with Gasteiger partial charge in [-0.05, 0) is 55.3 Å². The number of aryl methyl sites for hydroxylation is 2. The summed E-state index contributed by atoms with van der Waals surface area (Å²) in [6.07, 6.45) is -6.32. The minimum absolute atomic E-state index is 0.0747. The van der Waals surface area contributed by atoms with E-state index in [4.69, 9.17) is 15.0 Å². The zero-order chi connectivity index (χ0) is 28.7. The SMILES string of the molecule is Cc1cc(C)cc(N2C(=O)c3ccccc3C2(O)c2ccc3[nH]c(NC(=O)O)nc3c2)c1.O=C(O)C(F)(F)F. The van der Waals surface area contributed by atoms with Crippen molar-refractivity contribution in [3.05, 3.63) is 88.5 Å². The fraction of sp³-hybridized carbons (Fsp3) is 0.154. The quantitative estimate of drug-likeness (QED) is 0.250. The molecule has 1 atom stereocenters. The number of carboxylic acid groups (broad SMARTS) is 2. The molecule has 0 fully saturated rings. The maximum Gasteiger partial charge on any atom is 0.490 e. The van der Waals surface area contributed by atoms with E-state index in [0.717, 1.165) is 11.1 Å². The lowest BCUT2D eigenvalue weighted by Gasteiger charge is -2.35. The van der Waals surface area contributed by atoms with Crippen LogP contribution in [0.4, 0.5) is 29.6 Å². The number of carbonyl (C=O) groups is 3. The van der Waals surface area contributed by atoms with Crippen LogP contribution in [0.15, 0.2) is 60.7 Å². The predicted octanol–water partition coefficient (Wildman–Crippen LogP) is 4.76. The number of hydrogen-bond acceptors (Lipinski definition) is 5. The summed E-state index contributed by atoms with van der Waals surface area (Å²) in [6, 6.07) is 17.8. The molecular formula is C26H21F3N4O6. The van der Waals surface area contributed by atoms with E-state index in [1.165, 1.54) is 4.90 Å². The van der Waals surface area contributed by atoms with Crippen LogP contribution in [0.25, 0.3) is 11.0 Å². The second kappa shape index (κ2) is 9.76. The number of aliphatic hydroxyl groups is 1. The van der Waals surface area contributed by atoms with Gasteiger partial charge in [-0.2, -0.15) is 13.2 Å². The lowest BCUT2D eigenvalue weighted by Crippen LogP contribution is -2.45. The third kappa shape index (κ3) is 5.11. The predicted molar refractivity (Wildman–Crippen MR) is 134 cm³/mol. The van der Waals surface area contributed by atoms with Crippen molar-refractivity contribution in [3.8, 4) is 0 Å². The highest BCUT2D eigenvalue weighted by Crippen LogP contribution is 2.45. The topological polar surface area (TPSA) is 156 Å². The molecule has 0 radical (unpaired) electrons. The molecule has 2 heterocycles. The maximum absolute atomic E-state index is 13.5. The number of carboxylic acids is 1. The van der Waals surface area contributed by atoms with Crippen molar-refractivity contribution in [1.29, 1.82) is 0 Å². The number of alkyl halides is 3. The molecule has 3 aromatic carbocycles. The lowest BCUT2D eigenvalue weighted by molar-refractivity contribution is -0.192. The van der Waals surface area contributed by atoms with Gasteiger partial charge in [0.25, 0.3) is 5.91 Å². The number of fused-ring (bicyclic) bond motifs is 2. The van der Waals surface area contributed by atoms with Gasteiger partial charge in [-0.3, -0.25) is 15.0 Å². The van der Waals surface area contributed by atoms with Gasteiger partial charge >= 0.3 is 18.2 Å². The second-order valence-electron chi connectivity index (χ2n) is 8.75. The van der Waals surface area contributed by atoms with Crippen molar-refractivity contribution in [1.82, 2.24) is 9.97 Å². The van der Waals surface area contributed by atoms with Gasteiger partial charge in [0.05, 0.1) is 11.0 Å². The summed E-state index contributed by atoms with van der Waals surface area (Å²) in [4.78, 5) is 41.8. The largest absolute Gasteiger partial charge is 0.490 e. The number of anilines is 2. The Hall–Kier alpha value is -4.91. The van der Waals surface area contributed by atoms with E-state index in [9.17, 15) is 27.9 Å². The summed E-state index contributed by atoms with van der Waals surface area (Å²) < 4.78 is 31.7. The van der Waals surface area contributed by atoms with Crippen LogP contribution in [-0.4, -0.2) is 49.4 Å². The van der Waals surface area contributed by atoms with Crippen LogP contribution >= 0.6 is 0 Å². The molecule has 1 aliphatic heterocycles. The number of H-pyrrole nitrogens is 1. The van der Waals surface area contributed by atoms with Crippen LogP contribution < -0.4 is 10.2 Å². The Kier molecular flexibility index (Phi) is 6.79. The molecule has 10 nitrogen and oxygen atoms in total. The summed E-state index contributed by atoms with van der Waals surface area (Å²) in [5, 5.41) is 30.4. The molecule has 0 spiro atoms. The second-order valence-corrected chi connectivity index (χ2v) is 8.75. The van der Waals surface area contributed by atoms with Gasteiger partial charge in [-0.15, -0.1) is 0 Å². The van der Waals surface area contributed by atoms with E-state index < -0.39 is 24.0 Å². The third-order valence-corrected chi connectivity index (χ3v) is 5.88. The van der Waals surface area contributed by atoms with E-state index in [1.807, 2.05) is 32.0 Å². The summed E-state index contributed by atoms with van der Waals surface area (Å²) in [5.41, 5.74) is 3.15. The standard InChI is InChI=1S/C24H20N4O4.C2HF3O2/c1-13-9-14(2)11-16(10-13)28-21(29)17-5-3-4-6-18(17)24(28,32)15-7-8-19-20(12-15)26-22(25-19)27-23(30)31;3-2(4,5)1(6)7/h3-12,32H,1-2H3,(H,30,31)(H2,25,26,27);(H,6,7). The number of amides is 2. The number of aliphatic carboxylic acids is 1. The summed E-state index contributed by atoms with van der Waals surface area (Å²) in [7, 11) is 0. The molecule has 0 saturated heterocycles. The number of nitrogens with zero attached hydrogens (tertiary/aromatic N) is 2. The van der Waals surface area contributed by atoms with Gasteiger partial charge in [-0.1, -0.05) is 30.3 Å². The molecular weight excluding hydrogens is 521 g/mol. The van der Waals surface area contributed by atoms with E-state index >= 15 is 0 Å². The molecule has 1 unspecified atom stereocenters. The number of carbonyl (C=O) groups excluding carboxylic acids is 1. The highest BCUT2D eigenvalue weighted by atomic mass is 19.4. The normalized spacial score (nSPS) is 16.5. The average molecular weight is 542 g/mol. The van der Waals surface area contributed by atoms with Crippen molar-refractivity contribution in [3.63, 3.8) is 0 Å². The average Bonchev–Trinajstić information content (AvgIpc) is 3.33. The van der Waals surface area contributed by atoms with Crippen LogP contribution in [0.2, 0.25) is 0 Å². The fourth-order valence-corrected chi connectivity index (χ4v) is 4.41. The Morgan fingerprint density at radius 1 is 1.00 bits per heavy atom. The molecule has 202 valence electrons. The highest BCUT2D eigenvalue weighted by Gasteiger charge is 2.50. The van der Waals surface area contributed by atoms with Gasteiger partial charge < -0.3 is 20.3 Å². The molecule has 5 N–H and O–H groups in total. The first-order valence-electron chi connectivity index (χ1n) is 11.3. The van der Waals surface area contributed by atoms with E-state index in [2.05, 4.69) is 15.3 Å². The summed E-state index contributed by atoms with van der Waals surface area (Å²) in [6.45, 7) is 3.88. The number of imidazole rings is 1. The zero-order valence-electron chi connectivity index (χ0n) is 20.4. The molecule has 2 amide bonds. The van der Waals surface area contributed by atoms with Gasteiger partial charge in [0, 0.05) is 22.4 Å². The molecule has 4 aromatic rings. The van der Waals surface area contributed by atoms with Crippen LogP contribution in [0, 0.1) is 13.8 Å². The molecule has 0 saturated carbocycles. The van der Waals surface area contributed by atoms with E-state index in [-0.39, 0.29) is 11.9 Å². The van der Waals surface area contributed by atoms with Crippen molar-refractivity contribution in [2.24, 2.45) is 0 Å². The monoisotopic (exact) mass is 542 g/mol. The Balaban J connectivity index is 0.000000448. The molecule has 1 aliphatic rings. The Bertz CT molecular complexity index is 1600. The van der Waals surface area contributed by atoms with Crippen molar-refractivity contribution in [2.75, 3.05) is 10.2 Å². The van der Waals surface area contributed by atoms with Gasteiger partial charge in [0.15, 0.2) is 5.72 Å². The smallest absolute Gasteiger partial charge is 0.475 e. The Labute approximate surface area is 218 Å². The molecule has 0 bridgehead atoms. The zero-order valence-corrected chi connectivity index (χ0v) is 20.4. The molecule has 39 heavy (non-hydrogen) atoms. The minimum atomic E-state index is -5.08. The van der Waals surface area contributed by atoms with Crippen molar-refractivity contribution in [2.45, 2.75) is 25.7 Å². The number of benzene rings is 3. The number of nitrogens with one attached hydrogen (secondary N) is 2. The van der Waals surface area contributed by atoms with Gasteiger partial charge in [0.2, 0.25) is 5.95 Å². The van der Waals surface area contributed by atoms with Crippen molar-refractivity contribution < 1.29 is 42.9 Å². The van der Waals surface area contributed by atoms with Crippen LogP contribution in [0.1, 0.15) is 32.6 Å². The number of aromatic nitrogens is 2. The van der Waals surface area contributed by atoms with Crippen LogP contribution in [0.5, 0.6) is 0 Å². The lowest BCUT2D eigenvalue weighted by atomic mass is 9.93. The molecule has 13 heteroatoms. The van der Waals surface area contributed by atoms with Gasteiger partial charge in [0.1, 0.15) is 0 Å². The highest BCUT2D eigenvalue weighted by molar-refractivity contribution is 6.12. The molecule has 0 aliphatic carbocycles. The minimum Gasteiger partial charge on any atom is -0.475 e. The van der Waals surface area contributed by atoms with Crippen LogP contribution in [0.3, 0.4) is 0 Å². The van der Waals surface area contributed by atoms with Crippen LogP contribution in [-0.2, 0) is 10.5 Å². The molecule has 1 aromatic heterocycles. The molecule has 5 rings (SSSR count). The van der Waals surface area contributed by atoms with Crippen molar-refractivity contribution >= 4 is 40.6 Å². The Morgan fingerprint density at radius 2 is 1.62 bits per heavy atom. The third-order valence-electron chi connectivity index (χ3n) is 5.88. The number of rotatable bonds is 3. The van der Waals surface area contributed by atoms with E-state index in [1.54, 1.807) is 42.5 Å². The van der Waals surface area contributed by atoms with Gasteiger partial charge in [-0.25, -0.2) is 14.6 Å². The van der Waals surface area contributed by atoms with E-state index in [0.29, 0.717) is 33.4 Å².